The number of hydrazine groups is 1. The van der Waals surface area contributed by atoms with E-state index in [0.717, 1.165) is 5.01 Å². The van der Waals surface area contributed by atoms with E-state index in [1.165, 1.54) is 6.20 Å². The Morgan fingerprint density at radius 3 is 2.32 bits per heavy atom. The second-order valence-electron chi connectivity index (χ2n) is 8.38. The van der Waals surface area contributed by atoms with Crippen molar-refractivity contribution >= 4 is 23.6 Å². The molecule has 1 rings (SSSR count). The van der Waals surface area contributed by atoms with Crippen molar-refractivity contribution in [2.45, 2.75) is 72.1 Å². The molecule has 0 bridgehead atoms. The summed E-state index contributed by atoms with van der Waals surface area (Å²) in [7, 11) is 0. The lowest BCUT2D eigenvalue weighted by molar-refractivity contribution is 0.0425. The first-order chi connectivity index (χ1) is 12.8. The van der Waals surface area contributed by atoms with Gasteiger partial charge in [-0.2, -0.15) is 5.01 Å². The maximum absolute atomic E-state index is 12.8. The number of aromatic nitrogens is 1. The van der Waals surface area contributed by atoms with Gasteiger partial charge in [0, 0.05) is 18.8 Å². The highest BCUT2D eigenvalue weighted by Crippen LogP contribution is 2.26. The Labute approximate surface area is 166 Å². The number of nitrogens with zero attached hydrogens (tertiary/aromatic N) is 2. The monoisotopic (exact) mass is 396 g/mol. The summed E-state index contributed by atoms with van der Waals surface area (Å²) in [4.78, 5) is 29.1. The van der Waals surface area contributed by atoms with Crippen molar-refractivity contribution in [3.63, 3.8) is 0 Å². The van der Waals surface area contributed by atoms with Crippen LogP contribution >= 0.6 is 0 Å². The van der Waals surface area contributed by atoms with Crippen LogP contribution in [0.15, 0.2) is 18.5 Å². The van der Waals surface area contributed by atoms with E-state index in [9.17, 15) is 9.59 Å². The van der Waals surface area contributed by atoms with Crippen LogP contribution in [0.25, 0.3) is 0 Å². The highest BCUT2D eigenvalue weighted by molar-refractivity contribution is 5.94. The minimum atomic E-state index is -0.809. The molecule has 0 saturated carbocycles. The van der Waals surface area contributed by atoms with Crippen molar-refractivity contribution in [3.8, 4) is 0 Å². The molecule has 1 atom stereocenters. The lowest BCUT2D eigenvalue weighted by Gasteiger charge is -2.30. The van der Waals surface area contributed by atoms with Crippen LogP contribution in [0.1, 0.15) is 54.9 Å². The van der Waals surface area contributed by atoms with E-state index in [0.29, 0.717) is 12.1 Å². The van der Waals surface area contributed by atoms with Crippen LogP contribution in [0.4, 0.5) is 21.0 Å². The molecule has 9 heteroatoms. The van der Waals surface area contributed by atoms with Crippen LogP contribution in [0, 0.1) is 0 Å². The summed E-state index contributed by atoms with van der Waals surface area (Å²) in [5, 5.41) is 13.3. The molecule has 1 heterocycles. The number of aliphatic hydroxyl groups is 1. The number of carbonyl (C=O) groups is 2. The Bertz CT molecular complexity index is 667. The van der Waals surface area contributed by atoms with Gasteiger partial charge in [-0.1, -0.05) is 0 Å². The molecule has 0 aliphatic heterocycles. The van der Waals surface area contributed by atoms with Gasteiger partial charge >= 0.3 is 12.2 Å². The van der Waals surface area contributed by atoms with Crippen molar-refractivity contribution in [2.24, 2.45) is 0 Å². The first-order valence-corrected chi connectivity index (χ1v) is 9.16. The fourth-order valence-corrected chi connectivity index (χ4v) is 2.12. The van der Waals surface area contributed by atoms with Gasteiger partial charge in [0.2, 0.25) is 0 Å². The number of ether oxygens (including phenoxy) is 2. The smallest absolute Gasteiger partial charge is 0.434 e. The molecule has 28 heavy (non-hydrogen) atoms. The molecule has 1 aromatic rings. The maximum Gasteiger partial charge on any atom is 0.434 e. The first-order valence-electron chi connectivity index (χ1n) is 9.16. The van der Waals surface area contributed by atoms with E-state index in [4.69, 9.17) is 14.6 Å². The zero-order valence-corrected chi connectivity index (χ0v) is 17.7. The van der Waals surface area contributed by atoms with Gasteiger partial charge in [0.1, 0.15) is 16.9 Å². The van der Waals surface area contributed by atoms with Crippen molar-refractivity contribution < 1.29 is 24.2 Å². The second kappa shape index (κ2) is 9.59. The van der Waals surface area contributed by atoms with Crippen LogP contribution in [0.2, 0.25) is 0 Å². The van der Waals surface area contributed by atoms with Gasteiger partial charge in [0.25, 0.3) is 0 Å². The van der Waals surface area contributed by atoms with Gasteiger partial charge in [-0.15, -0.1) is 0 Å². The number of anilines is 2. The van der Waals surface area contributed by atoms with Crippen molar-refractivity contribution in [1.29, 1.82) is 0 Å². The summed E-state index contributed by atoms with van der Waals surface area (Å²) in [6.45, 7) is 12.2. The molecule has 0 spiro atoms. The van der Waals surface area contributed by atoms with Crippen LogP contribution in [0.3, 0.4) is 0 Å². The Balaban J connectivity index is 3.20. The summed E-state index contributed by atoms with van der Waals surface area (Å²) < 4.78 is 10.7. The van der Waals surface area contributed by atoms with Gasteiger partial charge in [-0.3, -0.25) is 4.98 Å². The molecule has 0 fully saturated rings. The fourth-order valence-electron chi connectivity index (χ4n) is 2.12. The van der Waals surface area contributed by atoms with Gasteiger partial charge < -0.3 is 19.9 Å². The number of rotatable bonds is 5. The van der Waals surface area contributed by atoms with E-state index in [1.807, 2.05) is 6.92 Å². The molecule has 0 aromatic carbocycles. The van der Waals surface area contributed by atoms with Gasteiger partial charge in [0.05, 0.1) is 11.9 Å². The average molecular weight is 396 g/mol. The molecule has 0 aliphatic rings. The van der Waals surface area contributed by atoms with Crippen LogP contribution in [-0.4, -0.2) is 46.1 Å². The SMILES string of the molecule is CC(CCO)Nc1ccncc1N(NC(=O)OC(C)(C)C)C(=O)OC(C)(C)C. The first kappa shape index (κ1) is 23.5. The van der Waals surface area contributed by atoms with Gasteiger partial charge in [-0.25, -0.2) is 15.0 Å². The summed E-state index contributed by atoms with van der Waals surface area (Å²) in [6, 6.07) is 1.59. The Morgan fingerprint density at radius 1 is 1.18 bits per heavy atom. The predicted molar refractivity (Wildman–Crippen MR) is 107 cm³/mol. The van der Waals surface area contributed by atoms with Crippen molar-refractivity contribution in [1.82, 2.24) is 10.4 Å². The molecular weight excluding hydrogens is 364 g/mol. The van der Waals surface area contributed by atoms with Gasteiger partial charge in [0.15, 0.2) is 0 Å². The molecule has 3 N–H and O–H groups in total. The van der Waals surface area contributed by atoms with Crippen LogP contribution in [-0.2, 0) is 9.47 Å². The third-order valence-corrected chi connectivity index (χ3v) is 3.18. The highest BCUT2D eigenvalue weighted by Gasteiger charge is 2.29. The molecule has 2 amide bonds. The van der Waals surface area contributed by atoms with E-state index < -0.39 is 23.4 Å². The topological polar surface area (TPSA) is 113 Å². The number of pyridine rings is 1. The molecule has 1 aromatic heterocycles. The minimum Gasteiger partial charge on any atom is -0.443 e. The lowest BCUT2D eigenvalue weighted by atomic mass is 10.2. The third-order valence-electron chi connectivity index (χ3n) is 3.18. The maximum atomic E-state index is 12.8. The number of hydrogen-bond donors (Lipinski definition) is 3. The number of hydrogen-bond acceptors (Lipinski definition) is 7. The number of nitrogens with one attached hydrogen (secondary N) is 2. The van der Waals surface area contributed by atoms with E-state index >= 15 is 0 Å². The largest absolute Gasteiger partial charge is 0.443 e. The number of carbonyl (C=O) groups excluding carboxylic acids is 2. The quantitative estimate of drug-likeness (QED) is 0.653. The van der Waals surface area contributed by atoms with Crippen LogP contribution < -0.4 is 15.8 Å². The van der Waals surface area contributed by atoms with E-state index in [2.05, 4.69) is 15.7 Å². The Kier molecular flexibility index (Phi) is 8.04. The molecule has 9 nitrogen and oxygen atoms in total. The van der Waals surface area contributed by atoms with Crippen molar-refractivity contribution in [3.05, 3.63) is 18.5 Å². The zero-order chi connectivity index (χ0) is 21.5. The van der Waals surface area contributed by atoms with Gasteiger partial charge in [-0.05, 0) is 61.0 Å². The Hall–Kier alpha value is -2.55. The molecular formula is C19H32N4O5. The summed E-state index contributed by atoms with van der Waals surface area (Å²) >= 11 is 0. The number of amides is 2. The second-order valence-corrected chi connectivity index (χ2v) is 8.38. The summed E-state index contributed by atoms with van der Waals surface area (Å²) in [6.07, 6.45) is 1.89. The fraction of sp³-hybridized carbons (Fsp3) is 0.632. The summed E-state index contributed by atoms with van der Waals surface area (Å²) in [5.74, 6) is 0. The minimum absolute atomic E-state index is 0.0144. The molecule has 0 aliphatic carbocycles. The Morgan fingerprint density at radius 2 is 1.79 bits per heavy atom. The predicted octanol–water partition coefficient (Wildman–Crippen LogP) is 3.45. The van der Waals surface area contributed by atoms with E-state index in [-0.39, 0.29) is 18.3 Å². The third kappa shape index (κ3) is 8.43. The normalized spacial score (nSPS) is 12.7. The highest BCUT2D eigenvalue weighted by atomic mass is 16.6. The average Bonchev–Trinajstić information content (AvgIpc) is 2.50. The molecule has 0 saturated heterocycles. The standard InChI is InChI=1S/C19H32N4O5/c1-13(9-11-24)21-14-8-10-20-12-15(14)23(17(26)28-19(5,6)7)22-16(25)27-18(2,3)4/h8,10,12-13,24H,9,11H2,1-7H3,(H,20,21)(H,22,25). The summed E-state index contributed by atoms with van der Waals surface area (Å²) in [5.41, 5.74) is 1.74. The lowest BCUT2D eigenvalue weighted by Crippen LogP contribution is -2.50. The molecule has 1 unspecified atom stereocenters. The van der Waals surface area contributed by atoms with Crippen LogP contribution in [0.5, 0.6) is 0 Å². The molecule has 158 valence electrons. The zero-order valence-electron chi connectivity index (χ0n) is 17.7. The number of aliphatic hydroxyl groups excluding tert-OH is 1. The van der Waals surface area contributed by atoms with E-state index in [1.54, 1.807) is 53.8 Å². The van der Waals surface area contributed by atoms with Crippen molar-refractivity contribution in [2.75, 3.05) is 16.9 Å². The molecule has 0 radical (unpaired) electrons.